The minimum atomic E-state index is 0.0191. The SMILES string of the molecule is CN(C(=O)[C@H]1CSCN1)C1CCOC1. The summed E-state index contributed by atoms with van der Waals surface area (Å²) in [6.45, 7) is 1.48. The topological polar surface area (TPSA) is 41.6 Å². The number of nitrogens with zero attached hydrogens (tertiary/aromatic N) is 1. The van der Waals surface area contributed by atoms with E-state index in [2.05, 4.69) is 5.32 Å². The van der Waals surface area contributed by atoms with Crippen molar-refractivity contribution in [1.29, 1.82) is 0 Å². The van der Waals surface area contributed by atoms with Gasteiger partial charge in [-0.15, -0.1) is 11.8 Å². The summed E-state index contributed by atoms with van der Waals surface area (Å²) in [6.07, 6.45) is 0.974. The van der Waals surface area contributed by atoms with Crippen molar-refractivity contribution in [2.24, 2.45) is 0 Å². The quantitative estimate of drug-likeness (QED) is 0.699. The Kier molecular flexibility index (Phi) is 3.30. The van der Waals surface area contributed by atoms with Crippen molar-refractivity contribution in [1.82, 2.24) is 10.2 Å². The van der Waals surface area contributed by atoms with Crippen molar-refractivity contribution >= 4 is 17.7 Å². The van der Waals surface area contributed by atoms with Gasteiger partial charge in [0.1, 0.15) is 0 Å². The lowest BCUT2D eigenvalue weighted by Gasteiger charge is -2.25. The number of carbonyl (C=O) groups excluding carboxylic acids is 1. The number of amides is 1. The normalized spacial score (nSPS) is 32.1. The summed E-state index contributed by atoms with van der Waals surface area (Å²) in [5.41, 5.74) is 0. The Labute approximate surface area is 88.4 Å². The van der Waals surface area contributed by atoms with E-state index in [0.717, 1.165) is 24.7 Å². The van der Waals surface area contributed by atoms with Crippen LogP contribution in [0.25, 0.3) is 0 Å². The van der Waals surface area contributed by atoms with Crippen LogP contribution >= 0.6 is 11.8 Å². The van der Waals surface area contributed by atoms with Gasteiger partial charge < -0.3 is 9.64 Å². The van der Waals surface area contributed by atoms with Crippen molar-refractivity contribution in [3.63, 3.8) is 0 Å². The van der Waals surface area contributed by atoms with Gasteiger partial charge in [-0.1, -0.05) is 0 Å². The molecular weight excluding hydrogens is 200 g/mol. The number of nitrogens with one attached hydrogen (secondary N) is 1. The van der Waals surface area contributed by atoms with E-state index in [9.17, 15) is 4.79 Å². The molecule has 0 saturated carbocycles. The van der Waals surface area contributed by atoms with E-state index in [4.69, 9.17) is 4.74 Å². The number of hydrogen-bond donors (Lipinski definition) is 1. The van der Waals surface area contributed by atoms with E-state index in [1.54, 1.807) is 11.8 Å². The van der Waals surface area contributed by atoms with Gasteiger partial charge in [-0.25, -0.2) is 0 Å². The van der Waals surface area contributed by atoms with Gasteiger partial charge in [0.15, 0.2) is 0 Å². The summed E-state index contributed by atoms with van der Waals surface area (Å²) < 4.78 is 5.27. The van der Waals surface area contributed by atoms with Gasteiger partial charge in [-0.05, 0) is 6.42 Å². The lowest BCUT2D eigenvalue weighted by Crippen LogP contribution is -2.47. The standard InChI is InChI=1S/C9H16N2O2S/c1-11(7-2-3-13-4-7)9(12)8-5-14-6-10-8/h7-8,10H,2-6H2,1H3/t7?,8-/m1/s1. The predicted octanol–water partition coefficient (Wildman–Crippen LogP) is -0.104. The van der Waals surface area contributed by atoms with Gasteiger partial charge in [0, 0.05) is 25.3 Å². The fourth-order valence-corrected chi connectivity index (χ4v) is 2.74. The zero-order valence-corrected chi connectivity index (χ0v) is 9.18. The lowest BCUT2D eigenvalue weighted by atomic mass is 10.2. The highest BCUT2D eigenvalue weighted by atomic mass is 32.2. The highest BCUT2D eigenvalue weighted by Gasteiger charge is 2.30. The molecule has 0 aromatic heterocycles. The Morgan fingerprint density at radius 1 is 1.64 bits per heavy atom. The average molecular weight is 216 g/mol. The molecule has 4 nitrogen and oxygen atoms in total. The summed E-state index contributed by atoms with van der Waals surface area (Å²) in [5.74, 6) is 2.01. The second kappa shape index (κ2) is 4.51. The molecule has 0 aliphatic carbocycles. The molecule has 0 radical (unpaired) electrons. The number of likely N-dealkylation sites (N-methyl/N-ethyl adjacent to an activating group) is 1. The second-order valence-corrected chi connectivity index (χ2v) is 4.77. The van der Waals surface area contributed by atoms with Crippen molar-refractivity contribution < 1.29 is 9.53 Å². The molecular formula is C9H16N2O2S. The lowest BCUT2D eigenvalue weighted by molar-refractivity contribution is -0.133. The molecule has 2 saturated heterocycles. The van der Waals surface area contributed by atoms with Crippen LogP contribution in [-0.4, -0.2) is 54.8 Å². The van der Waals surface area contributed by atoms with Crippen molar-refractivity contribution in [3.05, 3.63) is 0 Å². The molecule has 1 amide bonds. The molecule has 0 bridgehead atoms. The fraction of sp³-hybridized carbons (Fsp3) is 0.889. The van der Waals surface area contributed by atoms with Gasteiger partial charge in [0.2, 0.25) is 5.91 Å². The highest BCUT2D eigenvalue weighted by molar-refractivity contribution is 7.99. The molecule has 80 valence electrons. The summed E-state index contributed by atoms with van der Waals surface area (Å²) in [7, 11) is 1.88. The molecule has 0 aromatic rings. The molecule has 2 aliphatic rings. The first kappa shape index (κ1) is 10.3. The Bertz CT molecular complexity index is 213. The Morgan fingerprint density at radius 3 is 3.07 bits per heavy atom. The first-order valence-corrected chi connectivity index (χ1v) is 6.10. The number of ether oxygens (including phenoxy) is 1. The molecule has 0 spiro atoms. The first-order chi connectivity index (χ1) is 6.79. The van der Waals surface area contributed by atoms with E-state index in [0.29, 0.717) is 6.61 Å². The summed E-state index contributed by atoms with van der Waals surface area (Å²) in [6, 6.07) is 0.306. The van der Waals surface area contributed by atoms with Crippen LogP contribution in [0, 0.1) is 0 Å². The smallest absolute Gasteiger partial charge is 0.240 e. The number of rotatable bonds is 2. The fourth-order valence-electron chi connectivity index (χ4n) is 1.81. The van der Waals surface area contributed by atoms with Crippen LogP contribution in [0.3, 0.4) is 0 Å². The Morgan fingerprint density at radius 2 is 2.50 bits per heavy atom. The van der Waals surface area contributed by atoms with Gasteiger partial charge in [-0.3, -0.25) is 10.1 Å². The van der Waals surface area contributed by atoms with E-state index in [1.807, 2.05) is 11.9 Å². The molecule has 2 atom stereocenters. The van der Waals surface area contributed by atoms with Crippen LogP contribution in [-0.2, 0) is 9.53 Å². The summed E-state index contributed by atoms with van der Waals surface area (Å²) >= 11 is 1.78. The molecule has 2 heterocycles. The van der Waals surface area contributed by atoms with Crippen LogP contribution in [0.2, 0.25) is 0 Å². The van der Waals surface area contributed by atoms with Crippen LogP contribution < -0.4 is 5.32 Å². The molecule has 5 heteroatoms. The van der Waals surface area contributed by atoms with E-state index >= 15 is 0 Å². The van der Waals surface area contributed by atoms with Gasteiger partial charge in [-0.2, -0.15) is 0 Å². The maximum Gasteiger partial charge on any atom is 0.240 e. The number of thioether (sulfide) groups is 1. The number of carbonyl (C=O) groups is 1. The maximum absolute atomic E-state index is 11.9. The van der Waals surface area contributed by atoms with E-state index in [-0.39, 0.29) is 18.0 Å². The Hall–Kier alpha value is -0.260. The van der Waals surface area contributed by atoms with Gasteiger partial charge in [0.05, 0.1) is 18.7 Å². The number of hydrogen-bond acceptors (Lipinski definition) is 4. The van der Waals surface area contributed by atoms with Crippen molar-refractivity contribution in [2.45, 2.75) is 18.5 Å². The molecule has 2 rings (SSSR count). The molecule has 1 unspecified atom stereocenters. The van der Waals surface area contributed by atoms with Crippen LogP contribution in [0.15, 0.2) is 0 Å². The summed E-state index contributed by atoms with van der Waals surface area (Å²) in [5, 5.41) is 3.19. The largest absolute Gasteiger partial charge is 0.379 e. The van der Waals surface area contributed by atoms with Gasteiger partial charge >= 0.3 is 0 Å². The van der Waals surface area contributed by atoms with Crippen LogP contribution in [0.5, 0.6) is 0 Å². The van der Waals surface area contributed by atoms with E-state index in [1.165, 1.54) is 0 Å². The molecule has 2 fully saturated rings. The van der Waals surface area contributed by atoms with Crippen molar-refractivity contribution in [2.75, 3.05) is 31.9 Å². The van der Waals surface area contributed by atoms with Crippen molar-refractivity contribution in [3.8, 4) is 0 Å². The van der Waals surface area contributed by atoms with Crippen LogP contribution in [0.1, 0.15) is 6.42 Å². The zero-order valence-electron chi connectivity index (χ0n) is 8.36. The van der Waals surface area contributed by atoms with Crippen LogP contribution in [0.4, 0.5) is 0 Å². The minimum absolute atomic E-state index is 0.0191. The molecule has 1 N–H and O–H groups in total. The third-order valence-electron chi connectivity index (χ3n) is 2.82. The second-order valence-electron chi connectivity index (χ2n) is 3.74. The minimum Gasteiger partial charge on any atom is -0.379 e. The first-order valence-electron chi connectivity index (χ1n) is 4.94. The molecule has 2 aliphatic heterocycles. The summed E-state index contributed by atoms with van der Waals surface area (Å²) in [4.78, 5) is 13.8. The monoisotopic (exact) mass is 216 g/mol. The average Bonchev–Trinajstić information content (AvgIpc) is 2.87. The third-order valence-corrected chi connectivity index (χ3v) is 3.76. The van der Waals surface area contributed by atoms with Gasteiger partial charge in [0.25, 0.3) is 0 Å². The Balaban J connectivity index is 1.89. The highest BCUT2D eigenvalue weighted by Crippen LogP contribution is 2.16. The maximum atomic E-state index is 11.9. The van der Waals surface area contributed by atoms with E-state index < -0.39 is 0 Å². The molecule has 14 heavy (non-hydrogen) atoms. The third kappa shape index (κ3) is 2.04. The zero-order chi connectivity index (χ0) is 9.97. The predicted molar refractivity (Wildman–Crippen MR) is 56.2 cm³/mol. The molecule has 0 aromatic carbocycles.